The predicted molar refractivity (Wildman–Crippen MR) is 75.6 cm³/mol. The van der Waals surface area contributed by atoms with Gasteiger partial charge >= 0.3 is 5.97 Å². The van der Waals surface area contributed by atoms with Crippen molar-refractivity contribution in [2.75, 3.05) is 39.4 Å². The standard InChI is InChI=1S/C14H26N2O4/c1-12(2)15(7-5-14(18)19)6-3-4-13(17)16-8-10-20-11-9-16/h12H,3-11H2,1-2H3,(H,18,19). The molecule has 1 aliphatic rings. The highest BCUT2D eigenvalue weighted by molar-refractivity contribution is 5.76. The third-order valence-corrected chi connectivity index (χ3v) is 3.54. The van der Waals surface area contributed by atoms with Crippen molar-refractivity contribution in [2.24, 2.45) is 0 Å². The Morgan fingerprint density at radius 1 is 1.20 bits per heavy atom. The van der Waals surface area contributed by atoms with Crippen LogP contribution < -0.4 is 0 Å². The van der Waals surface area contributed by atoms with Gasteiger partial charge in [-0.3, -0.25) is 9.59 Å². The number of carbonyl (C=O) groups excluding carboxylic acids is 1. The van der Waals surface area contributed by atoms with Gasteiger partial charge in [0.1, 0.15) is 0 Å². The molecule has 6 nitrogen and oxygen atoms in total. The van der Waals surface area contributed by atoms with E-state index >= 15 is 0 Å². The summed E-state index contributed by atoms with van der Waals surface area (Å²) >= 11 is 0. The van der Waals surface area contributed by atoms with Crippen molar-refractivity contribution in [3.63, 3.8) is 0 Å². The van der Waals surface area contributed by atoms with Crippen molar-refractivity contribution in [3.05, 3.63) is 0 Å². The second-order valence-corrected chi connectivity index (χ2v) is 5.37. The number of nitrogens with zero attached hydrogens (tertiary/aromatic N) is 2. The molecule has 0 aliphatic carbocycles. The van der Waals surface area contributed by atoms with Crippen molar-refractivity contribution >= 4 is 11.9 Å². The first-order chi connectivity index (χ1) is 9.50. The van der Waals surface area contributed by atoms with E-state index in [1.807, 2.05) is 18.7 Å². The first-order valence-corrected chi connectivity index (χ1v) is 7.32. The van der Waals surface area contributed by atoms with Gasteiger partial charge in [-0.1, -0.05) is 0 Å². The quantitative estimate of drug-likeness (QED) is 0.715. The van der Waals surface area contributed by atoms with Crippen molar-refractivity contribution < 1.29 is 19.4 Å². The molecule has 116 valence electrons. The Bertz CT molecular complexity index is 314. The Hall–Kier alpha value is -1.14. The van der Waals surface area contributed by atoms with Gasteiger partial charge in [-0.2, -0.15) is 0 Å². The number of carboxylic acids is 1. The van der Waals surface area contributed by atoms with E-state index in [-0.39, 0.29) is 12.3 Å². The van der Waals surface area contributed by atoms with Crippen LogP contribution >= 0.6 is 0 Å². The number of ether oxygens (including phenoxy) is 1. The lowest BCUT2D eigenvalue weighted by atomic mass is 10.2. The van der Waals surface area contributed by atoms with Gasteiger partial charge in [0, 0.05) is 32.1 Å². The third-order valence-electron chi connectivity index (χ3n) is 3.54. The molecule has 20 heavy (non-hydrogen) atoms. The molecule has 1 saturated heterocycles. The zero-order valence-electron chi connectivity index (χ0n) is 12.5. The second kappa shape index (κ2) is 8.92. The fourth-order valence-corrected chi connectivity index (χ4v) is 2.27. The molecule has 1 N–H and O–H groups in total. The lowest BCUT2D eigenvalue weighted by Crippen LogP contribution is -2.41. The van der Waals surface area contributed by atoms with Crippen LogP contribution in [0.1, 0.15) is 33.1 Å². The molecule has 0 atom stereocenters. The molecule has 0 radical (unpaired) electrons. The van der Waals surface area contributed by atoms with Gasteiger partial charge in [-0.15, -0.1) is 0 Å². The van der Waals surface area contributed by atoms with Crippen molar-refractivity contribution in [2.45, 2.75) is 39.2 Å². The number of aliphatic carboxylic acids is 1. The van der Waals surface area contributed by atoms with Crippen LogP contribution in [0.25, 0.3) is 0 Å². The highest BCUT2D eigenvalue weighted by atomic mass is 16.5. The molecular weight excluding hydrogens is 260 g/mol. The van der Waals surface area contributed by atoms with Crippen LogP contribution in [0.15, 0.2) is 0 Å². The maximum Gasteiger partial charge on any atom is 0.304 e. The average Bonchev–Trinajstić information content (AvgIpc) is 2.42. The van der Waals surface area contributed by atoms with Gasteiger partial charge in [-0.05, 0) is 26.8 Å². The summed E-state index contributed by atoms with van der Waals surface area (Å²) < 4.78 is 5.22. The van der Waals surface area contributed by atoms with E-state index in [1.165, 1.54) is 0 Å². The Morgan fingerprint density at radius 2 is 1.85 bits per heavy atom. The van der Waals surface area contributed by atoms with Gasteiger partial charge < -0.3 is 19.6 Å². The van der Waals surface area contributed by atoms with Gasteiger partial charge in [0.15, 0.2) is 0 Å². The van der Waals surface area contributed by atoms with E-state index in [2.05, 4.69) is 4.90 Å². The minimum Gasteiger partial charge on any atom is -0.481 e. The summed E-state index contributed by atoms with van der Waals surface area (Å²) in [5, 5.41) is 8.73. The SMILES string of the molecule is CC(C)N(CCCC(=O)N1CCOCC1)CCC(=O)O. The number of hydrogen-bond acceptors (Lipinski definition) is 4. The van der Waals surface area contributed by atoms with Crippen LogP contribution in [0.3, 0.4) is 0 Å². The summed E-state index contributed by atoms with van der Waals surface area (Å²) in [5.41, 5.74) is 0. The second-order valence-electron chi connectivity index (χ2n) is 5.37. The zero-order chi connectivity index (χ0) is 15.0. The summed E-state index contributed by atoms with van der Waals surface area (Å²) in [5.74, 6) is -0.602. The topological polar surface area (TPSA) is 70.1 Å². The van der Waals surface area contributed by atoms with Crippen LogP contribution in [0.4, 0.5) is 0 Å². The van der Waals surface area contributed by atoms with Gasteiger partial charge in [0.2, 0.25) is 5.91 Å². The molecule has 0 saturated carbocycles. The third kappa shape index (κ3) is 6.34. The van der Waals surface area contributed by atoms with Gasteiger partial charge in [-0.25, -0.2) is 0 Å². The van der Waals surface area contributed by atoms with Crippen LogP contribution in [-0.2, 0) is 14.3 Å². The van der Waals surface area contributed by atoms with E-state index in [0.29, 0.717) is 45.3 Å². The lowest BCUT2D eigenvalue weighted by molar-refractivity contribution is -0.138. The van der Waals surface area contributed by atoms with E-state index in [4.69, 9.17) is 9.84 Å². The van der Waals surface area contributed by atoms with E-state index in [0.717, 1.165) is 13.0 Å². The number of morpholine rings is 1. The normalized spacial score (nSPS) is 15.9. The Labute approximate surface area is 120 Å². The highest BCUT2D eigenvalue weighted by Gasteiger charge is 2.17. The van der Waals surface area contributed by atoms with Gasteiger partial charge in [0.25, 0.3) is 0 Å². The van der Waals surface area contributed by atoms with Gasteiger partial charge in [0.05, 0.1) is 19.6 Å². The number of rotatable bonds is 8. The van der Waals surface area contributed by atoms with E-state index in [1.54, 1.807) is 0 Å². The number of carboxylic acid groups (broad SMARTS) is 1. The summed E-state index contributed by atoms with van der Waals surface area (Å²) in [4.78, 5) is 26.5. The number of amides is 1. The predicted octanol–water partition coefficient (Wildman–Crippen LogP) is 0.811. The summed E-state index contributed by atoms with van der Waals surface area (Å²) in [6, 6.07) is 0.299. The van der Waals surface area contributed by atoms with Crippen molar-refractivity contribution in [1.82, 2.24) is 9.80 Å². The Kier molecular flexibility index (Phi) is 7.54. The first-order valence-electron chi connectivity index (χ1n) is 7.32. The molecule has 1 amide bonds. The molecule has 0 bridgehead atoms. The number of carbonyl (C=O) groups is 2. The highest BCUT2D eigenvalue weighted by Crippen LogP contribution is 2.06. The monoisotopic (exact) mass is 286 g/mol. The minimum absolute atomic E-state index is 0.148. The molecule has 0 aromatic rings. The molecule has 1 aliphatic heterocycles. The molecule has 0 unspecified atom stereocenters. The first kappa shape index (κ1) is 16.9. The lowest BCUT2D eigenvalue weighted by Gasteiger charge is -2.28. The van der Waals surface area contributed by atoms with Crippen LogP contribution in [0.5, 0.6) is 0 Å². The Morgan fingerprint density at radius 3 is 2.40 bits per heavy atom. The van der Waals surface area contributed by atoms with E-state index in [9.17, 15) is 9.59 Å². The molecule has 1 fully saturated rings. The molecular formula is C14H26N2O4. The summed E-state index contributed by atoms with van der Waals surface area (Å²) in [6.07, 6.45) is 1.44. The fraction of sp³-hybridized carbons (Fsp3) is 0.857. The molecule has 1 rings (SSSR count). The summed E-state index contributed by atoms with van der Waals surface area (Å²) in [7, 11) is 0. The van der Waals surface area contributed by atoms with Crippen molar-refractivity contribution in [3.8, 4) is 0 Å². The maximum atomic E-state index is 12.0. The van der Waals surface area contributed by atoms with Crippen LogP contribution in [0.2, 0.25) is 0 Å². The van der Waals surface area contributed by atoms with E-state index < -0.39 is 5.97 Å². The molecule has 0 aromatic carbocycles. The summed E-state index contributed by atoms with van der Waals surface area (Å²) in [6.45, 7) is 8.03. The van der Waals surface area contributed by atoms with Crippen molar-refractivity contribution in [1.29, 1.82) is 0 Å². The molecule has 6 heteroatoms. The molecule has 0 spiro atoms. The minimum atomic E-state index is -0.778. The maximum absolute atomic E-state index is 12.0. The molecule has 0 aromatic heterocycles. The van der Waals surface area contributed by atoms with Crippen LogP contribution in [0, 0.1) is 0 Å². The largest absolute Gasteiger partial charge is 0.481 e. The van der Waals surface area contributed by atoms with Crippen LogP contribution in [-0.4, -0.2) is 72.2 Å². The fourth-order valence-electron chi connectivity index (χ4n) is 2.27. The molecule has 1 heterocycles. The zero-order valence-corrected chi connectivity index (χ0v) is 12.5. The number of hydrogen-bond donors (Lipinski definition) is 1. The Balaban J connectivity index is 2.25. The smallest absolute Gasteiger partial charge is 0.304 e. The average molecular weight is 286 g/mol.